The highest BCUT2D eigenvalue weighted by Crippen LogP contribution is 2.36. The van der Waals surface area contributed by atoms with Crippen molar-refractivity contribution in [2.75, 3.05) is 24.5 Å². The summed E-state index contributed by atoms with van der Waals surface area (Å²) >= 11 is 0. The summed E-state index contributed by atoms with van der Waals surface area (Å²) in [6, 6.07) is 17.3. The van der Waals surface area contributed by atoms with E-state index in [0.29, 0.717) is 21.9 Å². The van der Waals surface area contributed by atoms with Gasteiger partial charge in [0.25, 0.3) is 0 Å². The lowest BCUT2D eigenvalue weighted by Gasteiger charge is -2.34. The molecule has 132 valence electrons. The number of nitrogens with zero attached hydrogens (tertiary/aromatic N) is 2. The van der Waals surface area contributed by atoms with E-state index in [9.17, 15) is 8.42 Å². The lowest BCUT2D eigenvalue weighted by molar-refractivity contribution is 0.140. The van der Waals surface area contributed by atoms with E-state index in [1.165, 1.54) is 13.0 Å². The van der Waals surface area contributed by atoms with Crippen LogP contribution in [0.15, 0.2) is 64.4 Å². The van der Waals surface area contributed by atoms with Gasteiger partial charge in [0.2, 0.25) is 9.84 Å². The first-order valence-corrected chi connectivity index (χ1v) is 10.5. The molecular formula is C20H24N2O2S. The third-order valence-electron chi connectivity index (χ3n) is 5.55. The minimum atomic E-state index is -3.52. The monoisotopic (exact) mass is 356 g/mol. The smallest absolute Gasteiger partial charge is 0.208 e. The largest absolute Gasteiger partial charge is 0.366 e. The molecule has 0 aromatic heterocycles. The number of hydrogen-bond donors (Lipinski definition) is 0. The van der Waals surface area contributed by atoms with Crippen LogP contribution >= 0.6 is 0 Å². The first-order chi connectivity index (χ1) is 12.1. The van der Waals surface area contributed by atoms with Gasteiger partial charge in [-0.25, -0.2) is 8.42 Å². The summed E-state index contributed by atoms with van der Waals surface area (Å²) in [7, 11) is -3.52. The van der Waals surface area contributed by atoms with E-state index in [4.69, 9.17) is 0 Å². The van der Waals surface area contributed by atoms with Crippen molar-refractivity contribution in [1.29, 1.82) is 0 Å². The predicted molar refractivity (Wildman–Crippen MR) is 99.7 cm³/mol. The molecule has 0 bridgehead atoms. The third kappa shape index (κ3) is 2.85. The number of fused-ring (bicyclic) bond motifs is 1. The maximum atomic E-state index is 13.2. The minimum Gasteiger partial charge on any atom is -0.366 e. The second-order valence-electron chi connectivity index (χ2n) is 6.90. The average Bonchev–Trinajstić information content (AvgIpc) is 2.92. The van der Waals surface area contributed by atoms with Crippen LogP contribution in [0.5, 0.6) is 0 Å². The van der Waals surface area contributed by atoms with Gasteiger partial charge in [0.1, 0.15) is 0 Å². The summed E-state index contributed by atoms with van der Waals surface area (Å²) in [5.41, 5.74) is 0.835. The first-order valence-electron chi connectivity index (χ1n) is 9.01. The van der Waals surface area contributed by atoms with Crippen molar-refractivity contribution >= 4 is 15.5 Å². The molecule has 5 heteroatoms. The van der Waals surface area contributed by atoms with Gasteiger partial charge in [-0.15, -0.1) is 0 Å². The summed E-state index contributed by atoms with van der Waals surface area (Å²) in [4.78, 5) is 5.57. The molecule has 0 N–H and O–H groups in total. The Hall–Kier alpha value is -1.85. The summed E-state index contributed by atoms with van der Waals surface area (Å²) in [5.74, 6) is 0. The zero-order chi connectivity index (χ0) is 17.4. The number of anilines is 1. The van der Waals surface area contributed by atoms with E-state index in [-0.39, 0.29) is 0 Å². The Bertz CT molecular complexity index is 839. The van der Waals surface area contributed by atoms with Crippen LogP contribution in [0.25, 0.3) is 0 Å². The zero-order valence-corrected chi connectivity index (χ0v) is 15.3. The van der Waals surface area contributed by atoms with E-state index in [2.05, 4.69) is 16.7 Å². The van der Waals surface area contributed by atoms with Crippen LogP contribution < -0.4 is 4.90 Å². The molecule has 25 heavy (non-hydrogen) atoms. The Morgan fingerprint density at radius 3 is 2.40 bits per heavy atom. The van der Waals surface area contributed by atoms with Crippen LogP contribution in [0.2, 0.25) is 0 Å². The van der Waals surface area contributed by atoms with Crippen LogP contribution in [0.1, 0.15) is 19.8 Å². The number of para-hydroxylation sites is 1. The highest BCUT2D eigenvalue weighted by atomic mass is 32.2. The van der Waals surface area contributed by atoms with Crippen LogP contribution in [-0.2, 0) is 9.84 Å². The van der Waals surface area contributed by atoms with Gasteiger partial charge < -0.3 is 4.90 Å². The van der Waals surface area contributed by atoms with Crippen molar-refractivity contribution in [3.63, 3.8) is 0 Å². The summed E-state index contributed by atoms with van der Waals surface area (Å²) in [6.45, 7) is 5.15. The van der Waals surface area contributed by atoms with Gasteiger partial charge >= 0.3 is 0 Å². The lowest BCUT2D eigenvalue weighted by atomic mass is 10.0. The van der Waals surface area contributed by atoms with Crippen molar-refractivity contribution in [3.8, 4) is 0 Å². The van der Waals surface area contributed by atoms with E-state index < -0.39 is 9.84 Å². The molecule has 0 saturated carbocycles. The standard InChI is InChI=1S/C20H24N2O2S/c1-2-22(17-14-16-12-13-21(16)15-17)19-10-6-7-11-20(19)25(23,24)18-8-4-3-5-9-18/h3-11,16-17H,2,12-15H2,1H3. The van der Waals surface area contributed by atoms with Gasteiger partial charge in [-0.3, -0.25) is 4.90 Å². The fraction of sp³-hybridized carbons (Fsp3) is 0.400. The molecule has 2 saturated heterocycles. The number of hydrogen-bond acceptors (Lipinski definition) is 4. The molecule has 2 atom stereocenters. The molecule has 4 nitrogen and oxygen atoms in total. The molecule has 0 amide bonds. The van der Waals surface area contributed by atoms with Gasteiger partial charge in [-0.2, -0.15) is 0 Å². The van der Waals surface area contributed by atoms with E-state index in [1.54, 1.807) is 30.3 Å². The SMILES string of the molecule is CCN(c1ccccc1S(=O)(=O)c1ccccc1)C1CC2CCN2C1. The molecule has 0 spiro atoms. The maximum Gasteiger partial charge on any atom is 0.208 e. The van der Waals surface area contributed by atoms with Gasteiger partial charge in [0.05, 0.1) is 15.5 Å². The normalized spacial score (nSPS) is 23.1. The van der Waals surface area contributed by atoms with Crippen molar-refractivity contribution < 1.29 is 8.42 Å². The van der Waals surface area contributed by atoms with Crippen molar-refractivity contribution in [1.82, 2.24) is 4.90 Å². The minimum absolute atomic E-state index is 0.355. The Kier molecular flexibility index (Phi) is 4.29. The number of rotatable bonds is 5. The molecule has 2 heterocycles. The molecule has 4 rings (SSSR count). The Morgan fingerprint density at radius 2 is 1.80 bits per heavy atom. The number of likely N-dealkylation sites (N-methyl/N-ethyl adjacent to an activating group) is 1. The number of sulfone groups is 1. The second-order valence-corrected chi connectivity index (χ2v) is 8.82. The quantitative estimate of drug-likeness (QED) is 0.825. The van der Waals surface area contributed by atoms with Gasteiger partial charge in [-0.05, 0) is 44.0 Å². The molecular weight excluding hydrogens is 332 g/mol. The predicted octanol–water partition coefficient (Wildman–Crippen LogP) is 3.19. The third-order valence-corrected chi connectivity index (χ3v) is 7.37. The Balaban J connectivity index is 1.73. The molecule has 2 fully saturated rings. The first kappa shape index (κ1) is 16.6. The topological polar surface area (TPSA) is 40.6 Å². The van der Waals surface area contributed by atoms with Gasteiger partial charge in [0.15, 0.2) is 0 Å². The van der Waals surface area contributed by atoms with Crippen molar-refractivity contribution in [3.05, 3.63) is 54.6 Å². The molecule has 0 radical (unpaired) electrons. The van der Waals surface area contributed by atoms with Crippen LogP contribution in [0.3, 0.4) is 0 Å². The van der Waals surface area contributed by atoms with E-state index in [1.807, 2.05) is 24.3 Å². The van der Waals surface area contributed by atoms with Crippen molar-refractivity contribution in [2.45, 2.75) is 41.6 Å². The molecule has 2 aromatic carbocycles. The van der Waals surface area contributed by atoms with E-state index >= 15 is 0 Å². The highest BCUT2D eigenvalue weighted by Gasteiger charge is 2.40. The van der Waals surface area contributed by atoms with Crippen LogP contribution in [0.4, 0.5) is 5.69 Å². The number of benzene rings is 2. The summed E-state index contributed by atoms with van der Waals surface area (Å²) in [5, 5.41) is 0. The molecule has 2 unspecified atom stereocenters. The summed E-state index contributed by atoms with van der Waals surface area (Å²) < 4.78 is 26.4. The summed E-state index contributed by atoms with van der Waals surface area (Å²) in [6.07, 6.45) is 2.41. The Labute approximate surface area is 150 Å². The van der Waals surface area contributed by atoms with Crippen LogP contribution in [0, 0.1) is 0 Å². The zero-order valence-electron chi connectivity index (χ0n) is 14.5. The van der Waals surface area contributed by atoms with Crippen molar-refractivity contribution in [2.24, 2.45) is 0 Å². The fourth-order valence-electron chi connectivity index (χ4n) is 4.16. The van der Waals surface area contributed by atoms with Gasteiger partial charge in [-0.1, -0.05) is 30.3 Å². The molecule has 2 aliphatic rings. The lowest BCUT2D eigenvalue weighted by Crippen LogP contribution is -2.43. The highest BCUT2D eigenvalue weighted by molar-refractivity contribution is 7.91. The second kappa shape index (κ2) is 6.46. The molecule has 0 aliphatic carbocycles. The fourth-order valence-corrected chi connectivity index (χ4v) is 5.65. The Morgan fingerprint density at radius 1 is 1.08 bits per heavy atom. The maximum absolute atomic E-state index is 13.2. The molecule has 2 aliphatic heterocycles. The average molecular weight is 356 g/mol. The van der Waals surface area contributed by atoms with Gasteiger partial charge in [0, 0.05) is 31.7 Å². The van der Waals surface area contributed by atoms with E-state index in [0.717, 1.165) is 25.2 Å². The van der Waals surface area contributed by atoms with Crippen LogP contribution in [-0.4, -0.2) is 45.0 Å². The molecule has 2 aromatic rings.